The normalized spacial score (nSPS) is 14.7. The van der Waals surface area contributed by atoms with E-state index in [-0.39, 0.29) is 47.7 Å². The average molecular weight is 547 g/mol. The number of likely N-dealkylation sites (tertiary alicyclic amines) is 1. The number of hydrogen-bond donors (Lipinski definition) is 1. The Labute approximate surface area is 229 Å². The first-order valence-corrected chi connectivity index (χ1v) is 12.5. The van der Waals surface area contributed by atoms with E-state index in [0.29, 0.717) is 17.7 Å². The molecule has 1 atom stereocenters. The molecule has 0 bridgehead atoms. The number of halogens is 1. The fourth-order valence-electron chi connectivity index (χ4n) is 4.94. The molecule has 1 fully saturated rings. The van der Waals surface area contributed by atoms with Crippen LogP contribution in [0.15, 0.2) is 65.6 Å². The molecule has 40 heavy (non-hydrogen) atoms. The Morgan fingerprint density at radius 3 is 2.42 bits per heavy atom. The van der Waals surface area contributed by atoms with E-state index in [4.69, 9.17) is 14.2 Å². The SMILES string of the molecule is COc1cccc(-c2nc(O)c(C(=O)N3CCC(c4ncccc4F)C3)c(=O)n2-c2c(OC)cccc2OC)c1. The molecule has 3 heterocycles. The molecule has 0 aliphatic carbocycles. The summed E-state index contributed by atoms with van der Waals surface area (Å²) < 4.78 is 32.0. The number of hydrogen-bond acceptors (Lipinski definition) is 8. The summed E-state index contributed by atoms with van der Waals surface area (Å²) in [4.78, 5) is 37.7. The summed E-state index contributed by atoms with van der Waals surface area (Å²) in [5.41, 5.74) is -0.464. The molecular weight excluding hydrogens is 519 g/mol. The van der Waals surface area contributed by atoms with E-state index in [9.17, 15) is 19.1 Å². The number of benzene rings is 2. The van der Waals surface area contributed by atoms with Gasteiger partial charge in [0.25, 0.3) is 11.5 Å². The summed E-state index contributed by atoms with van der Waals surface area (Å²) in [5.74, 6) is -1.18. The number of amides is 1. The van der Waals surface area contributed by atoms with Crippen molar-refractivity contribution in [3.63, 3.8) is 0 Å². The molecule has 0 saturated carbocycles. The highest BCUT2D eigenvalue weighted by Crippen LogP contribution is 2.36. The molecule has 4 aromatic rings. The van der Waals surface area contributed by atoms with Crippen LogP contribution in [0.5, 0.6) is 23.1 Å². The molecule has 1 aliphatic heterocycles. The van der Waals surface area contributed by atoms with Crippen LogP contribution < -0.4 is 19.8 Å². The van der Waals surface area contributed by atoms with Gasteiger partial charge in [0.05, 0.1) is 27.0 Å². The predicted molar refractivity (Wildman–Crippen MR) is 144 cm³/mol. The molecule has 1 unspecified atom stereocenters. The first kappa shape index (κ1) is 26.7. The molecule has 2 aromatic carbocycles. The Morgan fingerprint density at radius 1 is 1.02 bits per heavy atom. The van der Waals surface area contributed by atoms with E-state index in [1.807, 2.05) is 0 Å². The molecule has 0 spiro atoms. The molecule has 5 rings (SSSR count). The van der Waals surface area contributed by atoms with Gasteiger partial charge in [-0.3, -0.25) is 19.1 Å². The number of methoxy groups -OCH3 is 3. The first-order chi connectivity index (χ1) is 19.4. The number of aromatic hydroxyl groups is 1. The van der Waals surface area contributed by atoms with Crippen molar-refractivity contribution in [2.75, 3.05) is 34.4 Å². The molecule has 206 valence electrons. The third-order valence-electron chi connectivity index (χ3n) is 6.88. The maximum Gasteiger partial charge on any atom is 0.275 e. The smallest absolute Gasteiger partial charge is 0.275 e. The highest BCUT2D eigenvalue weighted by Gasteiger charge is 2.35. The lowest BCUT2D eigenvalue weighted by molar-refractivity contribution is 0.0784. The summed E-state index contributed by atoms with van der Waals surface area (Å²) in [5, 5.41) is 11.0. The second kappa shape index (κ2) is 11.0. The number of aromatic nitrogens is 3. The van der Waals surface area contributed by atoms with Crippen molar-refractivity contribution in [2.24, 2.45) is 0 Å². The summed E-state index contributed by atoms with van der Waals surface area (Å²) in [6, 6.07) is 14.6. The van der Waals surface area contributed by atoms with Crippen molar-refractivity contribution in [1.29, 1.82) is 0 Å². The van der Waals surface area contributed by atoms with E-state index in [1.165, 1.54) is 49.1 Å². The summed E-state index contributed by atoms with van der Waals surface area (Å²) in [6.07, 6.45) is 1.94. The van der Waals surface area contributed by atoms with Gasteiger partial charge >= 0.3 is 0 Å². The van der Waals surface area contributed by atoms with Gasteiger partial charge in [-0.2, -0.15) is 4.98 Å². The molecule has 1 N–H and O–H groups in total. The summed E-state index contributed by atoms with van der Waals surface area (Å²) in [6.45, 7) is 0.370. The lowest BCUT2D eigenvalue weighted by Gasteiger charge is -2.21. The second-order valence-electron chi connectivity index (χ2n) is 9.12. The van der Waals surface area contributed by atoms with Gasteiger partial charge in [0.1, 0.15) is 28.8 Å². The first-order valence-electron chi connectivity index (χ1n) is 12.5. The van der Waals surface area contributed by atoms with Crippen LogP contribution in [-0.4, -0.2) is 64.9 Å². The van der Waals surface area contributed by atoms with Gasteiger partial charge in [-0.1, -0.05) is 18.2 Å². The average Bonchev–Trinajstić information content (AvgIpc) is 3.47. The van der Waals surface area contributed by atoms with Crippen LogP contribution in [0.3, 0.4) is 0 Å². The van der Waals surface area contributed by atoms with E-state index in [2.05, 4.69) is 9.97 Å². The largest absolute Gasteiger partial charge is 0.497 e. The van der Waals surface area contributed by atoms with Gasteiger partial charge < -0.3 is 24.2 Å². The van der Waals surface area contributed by atoms with Crippen molar-refractivity contribution >= 4 is 5.91 Å². The topological polar surface area (TPSA) is 116 Å². The Hall–Kier alpha value is -4.93. The van der Waals surface area contributed by atoms with E-state index in [0.717, 1.165) is 0 Å². The standard InChI is InChI=1S/C29H27FN4O6/c1-38-19-8-4-7-17(15-19)26-32-27(35)23(29(37)34(26)25-21(39-2)10-5-11-22(25)40-3)28(36)33-14-12-18(16-33)24-20(30)9-6-13-31-24/h4-11,13,15,18,35H,12,14,16H2,1-3H3. The Balaban J connectivity index is 1.67. The van der Waals surface area contributed by atoms with Crippen LogP contribution >= 0.6 is 0 Å². The monoisotopic (exact) mass is 546 g/mol. The fraction of sp³-hybridized carbons (Fsp3) is 0.241. The van der Waals surface area contributed by atoms with Gasteiger partial charge in [-0.05, 0) is 42.8 Å². The fourth-order valence-corrected chi connectivity index (χ4v) is 4.94. The Morgan fingerprint density at radius 2 is 1.75 bits per heavy atom. The molecule has 1 amide bonds. The number of ether oxygens (including phenoxy) is 3. The van der Waals surface area contributed by atoms with Gasteiger partial charge in [0.15, 0.2) is 11.4 Å². The molecule has 10 nitrogen and oxygen atoms in total. The number of nitrogens with zero attached hydrogens (tertiary/aromatic N) is 4. The minimum Gasteiger partial charge on any atom is -0.497 e. The zero-order valence-corrected chi connectivity index (χ0v) is 22.1. The molecule has 11 heteroatoms. The molecule has 2 aromatic heterocycles. The van der Waals surface area contributed by atoms with Gasteiger partial charge in [-0.15, -0.1) is 0 Å². The number of carbonyl (C=O) groups is 1. The highest BCUT2D eigenvalue weighted by molar-refractivity contribution is 5.96. The van der Waals surface area contributed by atoms with Gasteiger partial charge in [0, 0.05) is 30.8 Å². The van der Waals surface area contributed by atoms with Crippen LogP contribution in [0.4, 0.5) is 4.39 Å². The molecule has 0 radical (unpaired) electrons. The summed E-state index contributed by atoms with van der Waals surface area (Å²) in [7, 11) is 4.38. The van der Waals surface area contributed by atoms with Crippen molar-refractivity contribution in [1.82, 2.24) is 19.4 Å². The Kier molecular flexibility index (Phi) is 7.37. The highest BCUT2D eigenvalue weighted by atomic mass is 19.1. The number of para-hydroxylation sites is 1. The minimum absolute atomic E-state index is 0.0376. The van der Waals surface area contributed by atoms with E-state index < -0.39 is 28.7 Å². The minimum atomic E-state index is -0.828. The van der Waals surface area contributed by atoms with Crippen molar-refractivity contribution < 1.29 is 28.5 Å². The van der Waals surface area contributed by atoms with Crippen molar-refractivity contribution in [3.8, 4) is 40.2 Å². The predicted octanol–water partition coefficient (Wildman–Crippen LogP) is 3.79. The number of pyridine rings is 1. The quantitative estimate of drug-likeness (QED) is 0.372. The molecule has 1 aliphatic rings. The van der Waals surface area contributed by atoms with Gasteiger partial charge in [0.2, 0.25) is 5.88 Å². The maximum atomic E-state index is 14.4. The number of rotatable bonds is 7. The van der Waals surface area contributed by atoms with Gasteiger partial charge in [-0.25, -0.2) is 4.39 Å². The summed E-state index contributed by atoms with van der Waals surface area (Å²) >= 11 is 0. The zero-order chi connectivity index (χ0) is 28.4. The van der Waals surface area contributed by atoms with E-state index >= 15 is 0 Å². The van der Waals surface area contributed by atoms with Crippen LogP contribution in [0.2, 0.25) is 0 Å². The van der Waals surface area contributed by atoms with Crippen LogP contribution in [0.1, 0.15) is 28.4 Å². The van der Waals surface area contributed by atoms with Crippen molar-refractivity contribution in [2.45, 2.75) is 12.3 Å². The van der Waals surface area contributed by atoms with E-state index in [1.54, 1.807) is 42.5 Å². The third kappa shape index (κ3) is 4.70. The molecule has 1 saturated heterocycles. The maximum absolute atomic E-state index is 14.4. The molecular formula is C29H27FN4O6. The van der Waals surface area contributed by atoms with Crippen LogP contribution in [0, 0.1) is 5.82 Å². The lowest BCUT2D eigenvalue weighted by Crippen LogP contribution is -2.36. The zero-order valence-electron chi connectivity index (χ0n) is 22.1. The Bertz CT molecular complexity index is 1620. The van der Waals surface area contributed by atoms with Crippen LogP contribution in [0.25, 0.3) is 17.1 Å². The number of carbonyl (C=O) groups excluding carboxylic acids is 1. The van der Waals surface area contributed by atoms with Crippen molar-refractivity contribution in [3.05, 3.63) is 88.2 Å². The van der Waals surface area contributed by atoms with Crippen LogP contribution in [-0.2, 0) is 0 Å². The lowest BCUT2D eigenvalue weighted by atomic mass is 10.0. The second-order valence-corrected chi connectivity index (χ2v) is 9.12. The third-order valence-corrected chi connectivity index (χ3v) is 6.88.